The minimum Gasteiger partial charge on any atom is -0.481 e. The van der Waals surface area contributed by atoms with Crippen molar-refractivity contribution in [3.63, 3.8) is 0 Å². The standard InChI is InChI=1S/C13H22O4/c1-3-4-5-9-6-7-10(12(14)15)11(8(9)2)13(16)17/h8-11H,3-7H2,1-2H3,(H,14,15)(H,16,17). The van der Waals surface area contributed by atoms with E-state index in [1.54, 1.807) is 0 Å². The maximum absolute atomic E-state index is 11.2. The van der Waals surface area contributed by atoms with Crippen LogP contribution in [-0.2, 0) is 9.59 Å². The van der Waals surface area contributed by atoms with Crippen LogP contribution in [-0.4, -0.2) is 22.2 Å². The fourth-order valence-corrected chi connectivity index (χ4v) is 3.04. The summed E-state index contributed by atoms with van der Waals surface area (Å²) in [4.78, 5) is 22.3. The third-order valence-electron chi connectivity index (χ3n) is 4.12. The minimum atomic E-state index is -0.960. The van der Waals surface area contributed by atoms with Crippen LogP contribution in [0, 0.1) is 23.7 Å². The van der Waals surface area contributed by atoms with Gasteiger partial charge in [-0.3, -0.25) is 9.59 Å². The van der Waals surface area contributed by atoms with Crippen LogP contribution in [0.3, 0.4) is 0 Å². The average Bonchev–Trinajstić information content (AvgIpc) is 2.26. The maximum Gasteiger partial charge on any atom is 0.307 e. The van der Waals surface area contributed by atoms with Crippen LogP contribution in [0.25, 0.3) is 0 Å². The van der Waals surface area contributed by atoms with Gasteiger partial charge in [0.25, 0.3) is 0 Å². The first-order chi connectivity index (χ1) is 7.99. The van der Waals surface area contributed by atoms with E-state index in [9.17, 15) is 14.7 Å². The van der Waals surface area contributed by atoms with Crippen LogP contribution in [0.4, 0.5) is 0 Å². The lowest BCUT2D eigenvalue weighted by Crippen LogP contribution is -2.41. The Morgan fingerprint density at radius 3 is 2.29 bits per heavy atom. The predicted octanol–water partition coefficient (Wildman–Crippen LogP) is 2.62. The molecule has 1 rings (SSSR count). The Hall–Kier alpha value is -1.06. The minimum absolute atomic E-state index is 0.0334. The molecule has 0 aromatic heterocycles. The Labute approximate surface area is 102 Å². The summed E-state index contributed by atoms with van der Waals surface area (Å²) in [5.74, 6) is -3.01. The SMILES string of the molecule is CCCCC1CCC(C(=O)O)C(C(=O)O)C1C. The summed E-state index contributed by atoms with van der Waals surface area (Å²) in [5.41, 5.74) is 0. The van der Waals surface area contributed by atoms with E-state index >= 15 is 0 Å². The lowest BCUT2D eigenvalue weighted by Gasteiger charge is -2.37. The molecule has 1 fully saturated rings. The van der Waals surface area contributed by atoms with Crippen molar-refractivity contribution >= 4 is 11.9 Å². The van der Waals surface area contributed by atoms with Crippen LogP contribution in [0.15, 0.2) is 0 Å². The molecule has 4 nitrogen and oxygen atoms in total. The Morgan fingerprint density at radius 1 is 1.18 bits per heavy atom. The monoisotopic (exact) mass is 242 g/mol. The summed E-state index contributed by atoms with van der Waals surface area (Å²) in [5, 5.41) is 18.3. The van der Waals surface area contributed by atoms with E-state index in [2.05, 4.69) is 6.92 Å². The third kappa shape index (κ3) is 3.20. The Bertz CT molecular complexity index is 287. The quantitative estimate of drug-likeness (QED) is 0.777. The molecule has 98 valence electrons. The molecule has 0 saturated heterocycles. The molecule has 1 aliphatic carbocycles. The van der Waals surface area contributed by atoms with Gasteiger partial charge < -0.3 is 10.2 Å². The van der Waals surface area contributed by atoms with Gasteiger partial charge in [-0.05, 0) is 24.7 Å². The van der Waals surface area contributed by atoms with Crippen LogP contribution >= 0.6 is 0 Å². The van der Waals surface area contributed by atoms with Crippen LogP contribution in [0.2, 0.25) is 0 Å². The molecule has 0 bridgehead atoms. The van der Waals surface area contributed by atoms with Crippen molar-refractivity contribution in [3.8, 4) is 0 Å². The van der Waals surface area contributed by atoms with Crippen molar-refractivity contribution in [2.75, 3.05) is 0 Å². The van der Waals surface area contributed by atoms with Crippen molar-refractivity contribution in [2.45, 2.75) is 46.0 Å². The topological polar surface area (TPSA) is 74.6 Å². The Balaban J connectivity index is 2.75. The van der Waals surface area contributed by atoms with Gasteiger partial charge in [-0.1, -0.05) is 33.1 Å². The summed E-state index contributed by atoms with van der Waals surface area (Å²) >= 11 is 0. The number of carboxylic acids is 2. The van der Waals surface area contributed by atoms with Crippen LogP contribution in [0.5, 0.6) is 0 Å². The van der Waals surface area contributed by atoms with Gasteiger partial charge in [-0.2, -0.15) is 0 Å². The van der Waals surface area contributed by atoms with Crippen LogP contribution in [0.1, 0.15) is 46.0 Å². The first kappa shape index (κ1) is 14.0. The molecule has 0 aromatic carbocycles. The van der Waals surface area contributed by atoms with Gasteiger partial charge in [0.1, 0.15) is 0 Å². The second kappa shape index (κ2) is 6.03. The van der Waals surface area contributed by atoms with Gasteiger partial charge in [0.2, 0.25) is 0 Å². The Kier molecular flexibility index (Phi) is 4.97. The normalized spacial score (nSPS) is 33.3. The van der Waals surface area contributed by atoms with E-state index in [1.165, 1.54) is 0 Å². The van der Waals surface area contributed by atoms with Crippen molar-refractivity contribution in [3.05, 3.63) is 0 Å². The van der Waals surface area contributed by atoms with E-state index in [4.69, 9.17) is 5.11 Å². The second-order valence-corrected chi connectivity index (χ2v) is 5.15. The highest BCUT2D eigenvalue weighted by molar-refractivity contribution is 5.80. The van der Waals surface area contributed by atoms with Crippen molar-refractivity contribution in [2.24, 2.45) is 23.7 Å². The first-order valence-corrected chi connectivity index (χ1v) is 6.44. The molecular formula is C13H22O4. The molecule has 2 N–H and O–H groups in total. The van der Waals surface area contributed by atoms with Gasteiger partial charge in [0.15, 0.2) is 0 Å². The molecular weight excluding hydrogens is 220 g/mol. The third-order valence-corrected chi connectivity index (χ3v) is 4.12. The molecule has 4 heteroatoms. The Morgan fingerprint density at radius 2 is 1.82 bits per heavy atom. The van der Waals surface area contributed by atoms with Gasteiger partial charge in [0, 0.05) is 0 Å². The molecule has 0 amide bonds. The summed E-state index contributed by atoms with van der Waals surface area (Å²) < 4.78 is 0. The molecule has 4 unspecified atom stereocenters. The van der Waals surface area contributed by atoms with E-state index in [0.717, 1.165) is 25.7 Å². The number of hydrogen-bond acceptors (Lipinski definition) is 2. The fourth-order valence-electron chi connectivity index (χ4n) is 3.04. The van der Waals surface area contributed by atoms with Crippen molar-refractivity contribution in [1.82, 2.24) is 0 Å². The zero-order valence-electron chi connectivity index (χ0n) is 10.6. The van der Waals surface area contributed by atoms with E-state index in [1.807, 2.05) is 6.92 Å². The van der Waals surface area contributed by atoms with Crippen molar-refractivity contribution in [1.29, 1.82) is 0 Å². The molecule has 1 saturated carbocycles. The summed E-state index contributed by atoms with van der Waals surface area (Å²) in [6.45, 7) is 4.01. The number of aliphatic carboxylic acids is 2. The molecule has 0 aromatic rings. The largest absolute Gasteiger partial charge is 0.481 e. The number of carboxylic acid groups (broad SMARTS) is 2. The van der Waals surface area contributed by atoms with E-state index < -0.39 is 23.8 Å². The summed E-state index contributed by atoms with van der Waals surface area (Å²) in [6.07, 6.45) is 4.57. The van der Waals surface area contributed by atoms with Gasteiger partial charge in [0.05, 0.1) is 11.8 Å². The number of rotatable bonds is 5. The number of hydrogen-bond donors (Lipinski definition) is 2. The summed E-state index contributed by atoms with van der Waals surface area (Å²) in [6, 6.07) is 0. The highest BCUT2D eigenvalue weighted by atomic mass is 16.4. The highest BCUT2D eigenvalue weighted by Crippen LogP contribution is 2.41. The molecule has 1 aliphatic rings. The maximum atomic E-state index is 11.2. The zero-order chi connectivity index (χ0) is 13.0. The fraction of sp³-hybridized carbons (Fsp3) is 0.846. The van der Waals surface area contributed by atoms with Gasteiger partial charge in [-0.15, -0.1) is 0 Å². The molecule has 4 atom stereocenters. The van der Waals surface area contributed by atoms with Gasteiger partial charge >= 0.3 is 11.9 Å². The molecule has 0 radical (unpaired) electrons. The molecule has 0 aliphatic heterocycles. The lowest BCUT2D eigenvalue weighted by atomic mass is 9.66. The molecule has 0 heterocycles. The highest BCUT2D eigenvalue weighted by Gasteiger charge is 2.44. The van der Waals surface area contributed by atoms with Crippen LogP contribution < -0.4 is 0 Å². The first-order valence-electron chi connectivity index (χ1n) is 6.44. The summed E-state index contributed by atoms with van der Waals surface area (Å²) in [7, 11) is 0. The smallest absolute Gasteiger partial charge is 0.307 e. The second-order valence-electron chi connectivity index (χ2n) is 5.15. The zero-order valence-corrected chi connectivity index (χ0v) is 10.6. The van der Waals surface area contributed by atoms with E-state index in [-0.39, 0.29) is 5.92 Å². The lowest BCUT2D eigenvalue weighted by molar-refractivity contribution is -0.159. The number of carbonyl (C=O) groups is 2. The predicted molar refractivity (Wildman–Crippen MR) is 63.7 cm³/mol. The average molecular weight is 242 g/mol. The van der Waals surface area contributed by atoms with Crippen molar-refractivity contribution < 1.29 is 19.8 Å². The molecule has 0 spiro atoms. The van der Waals surface area contributed by atoms with Gasteiger partial charge in [-0.25, -0.2) is 0 Å². The van der Waals surface area contributed by atoms with E-state index in [0.29, 0.717) is 12.3 Å². The molecule has 17 heavy (non-hydrogen) atoms. The number of unbranched alkanes of at least 4 members (excludes halogenated alkanes) is 1.